The van der Waals surface area contributed by atoms with E-state index in [1.165, 1.54) is 20.0 Å². The van der Waals surface area contributed by atoms with E-state index in [0.717, 1.165) is 25.4 Å². The molecule has 1 heterocycles. The van der Waals surface area contributed by atoms with E-state index in [2.05, 4.69) is 10.1 Å². The maximum absolute atomic E-state index is 11.3. The molecule has 1 N–H and O–H groups in total. The maximum Gasteiger partial charge on any atom is 0.337 e. The van der Waals surface area contributed by atoms with E-state index in [4.69, 9.17) is 4.74 Å². The third-order valence-electron chi connectivity index (χ3n) is 3.22. The van der Waals surface area contributed by atoms with Gasteiger partial charge in [0.25, 0.3) is 0 Å². The van der Waals surface area contributed by atoms with Crippen molar-refractivity contribution in [3.8, 4) is 5.75 Å². The van der Waals surface area contributed by atoms with Gasteiger partial charge in [-0.15, -0.1) is 0 Å². The number of ether oxygens (including phenoxy) is 2. The summed E-state index contributed by atoms with van der Waals surface area (Å²) in [6.07, 6.45) is 2.33. The summed E-state index contributed by atoms with van der Waals surface area (Å²) in [5.74, 6) is 1.12. The summed E-state index contributed by atoms with van der Waals surface area (Å²) >= 11 is 0. The predicted molar refractivity (Wildman–Crippen MR) is 68.9 cm³/mol. The zero-order chi connectivity index (χ0) is 12.8. The molecule has 4 nitrogen and oxygen atoms in total. The molecule has 0 spiro atoms. The van der Waals surface area contributed by atoms with E-state index in [0.29, 0.717) is 11.5 Å². The molecule has 0 bridgehead atoms. The number of rotatable bonds is 4. The summed E-state index contributed by atoms with van der Waals surface area (Å²) in [6, 6.07) is 7.08. The van der Waals surface area contributed by atoms with Crippen LogP contribution < -0.4 is 10.1 Å². The van der Waals surface area contributed by atoms with Crippen LogP contribution in [0.5, 0.6) is 5.75 Å². The highest BCUT2D eigenvalue weighted by Gasteiger charge is 2.13. The summed E-state index contributed by atoms with van der Waals surface area (Å²) in [7, 11) is 1.38. The van der Waals surface area contributed by atoms with Crippen molar-refractivity contribution in [2.45, 2.75) is 12.8 Å². The van der Waals surface area contributed by atoms with Gasteiger partial charge in [-0.2, -0.15) is 0 Å². The molecular weight excluding hydrogens is 230 g/mol. The van der Waals surface area contributed by atoms with Gasteiger partial charge in [-0.3, -0.25) is 0 Å². The zero-order valence-electron chi connectivity index (χ0n) is 10.6. The van der Waals surface area contributed by atoms with Gasteiger partial charge in [0.05, 0.1) is 19.3 Å². The average Bonchev–Trinajstić information content (AvgIpc) is 2.46. The Kier molecular flexibility index (Phi) is 4.59. The van der Waals surface area contributed by atoms with E-state index in [1.54, 1.807) is 12.1 Å². The fourth-order valence-corrected chi connectivity index (χ4v) is 2.07. The third kappa shape index (κ3) is 3.47. The van der Waals surface area contributed by atoms with E-state index in [-0.39, 0.29) is 5.97 Å². The first-order chi connectivity index (χ1) is 8.79. The van der Waals surface area contributed by atoms with Gasteiger partial charge in [0.15, 0.2) is 0 Å². The summed E-state index contributed by atoms with van der Waals surface area (Å²) in [6.45, 7) is 2.91. The molecule has 1 aromatic carbocycles. The van der Waals surface area contributed by atoms with Gasteiger partial charge in [0, 0.05) is 0 Å². The van der Waals surface area contributed by atoms with Crippen LogP contribution in [-0.4, -0.2) is 32.8 Å². The molecule has 0 saturated carbocycles. The van der Waals surface area contributed by atoms with Crippen LogP contribution in [0.4, 0.5) is 0 Å². The molecule has 98 valence electrons. The standard InChI is InChI=1S/C14H19NO3/c1-17-14(16)12-2-4-13(5-3-12)18-10-11-6-8-15-9-7-11/h2-5,11,15H,6-10H2,1H3. The Bertz CT molecular complexity index is 383. The number of nitrogens with one attached hydrogen (secondary N) is 1. The topological polar surface area (TPSA) is 47.6 Å². The smallest absolute Gasteiger partial charge is 0.337 e. The lowest BCUT2D eigenvalue weighted by Crippen LogP contribution is -2.30. The Morgan fingerprint density at radius 3 is 2.56 bits per heavy atom. The Morgan fingerprint density at radius 1 is 1.28 bits per heavy atom. The number of benzene rings is 1. The van der Waals surface area contributed by atoms with Gasteiger partial charge in [-0.05, 0) is 56.1 Å². The van der Waals surface area contributed by atoms with E-state index in [1.807, 2.05) is 12.1 Å². The lowest BCUT2D eigenvalue weighted by atomic mass is 9.99. The molecule has 0 radical (unpaired) electrons. The quantitative estimate of drug-likeness (QED) is 0.827. The molecule has 18 heavy (non-hydrogen) atoms. The minimum Gasteiger partial charge on any atom is -0.493 e. The number of hydrogen-bond donors (Lipinski definition) is 1. The predicted octanol–water partition coefficient (Wildman–Crippen LogP) is 1.85. The van der Waals surface area contributed by atoms with Crippen LogP contribution >= 0.6 is 0 Å². The lowest BCUT2D eigenvalue weighted by molar-refractivity contribution is 0.0600. The van der Waals surface area contributed by atoms with E-state index >= 15 is 0 Å². The number of piperidine rings is 1. The molecule has 1 aliphatic rings. The van der Waals surface area contributed by atoms with Crippen LogP contribution in [-0.2, 0) is 4.74 Å². The van der Waals surface area contributed by atoms with Gasteiger partial charge in [0.1, 0.15) is 5.75 Å². The van der Waals surface area contributed by atoms with Crippen LogP contribution in [0.3, 0.4) is 0 Å². The van der Waals surface area contributed by atoms with Crippen LogP contribution in [0.1, 0.15) is 23.2 Å². The molecule has 1 fully saturated rings. The van der Waals surface area contributed by atoms with Gasteiger partial charge in [0.2, 0.25) is 0 Å². The summed E-state index contributed by atoms with van der Waals surface area (Å²) < 4.78 is 10.4. The lowest BCUT2D eigenvalue weighted by Gasteiger charge is -2.22. The van der Waals surface area contributed by atoms with Crippen molar-refractivity contribution >= 4 is 5.97 Å². The molecule has 0 amide bonds. The second kappa shape index (κ2) is 6.40. The number of carbonyl (C=O) groups excluding carboxylic acids is 1. The molecule has 0 aromatic heterocycles. The fourth-order valence-electron chi connectivity index (χ4n) is 2.07. The molecule has 1 saturated heterocycles. The van der Waals surface area contributed by atoms with Crippen molar-refractivity contribution in [2.75, 3.05) is 26.8 Å². The third-order valence-corrected chi connectivity index (χ3v) is 3.22. The molecular formula is C14H19NO3. The van der Waals surface area contributed by atoms with Crippen molar-refractivity contribution in [3.05, 3.63) is 29.8 Å². The Hall–Kier alpha value is -1.55. The normalized spacial score (nSPS) is 16.3. The van der Waals surface area contributed by atoms with E-state index in [9.17, 15) is 4.79 Å². The SMILES string of the molecule is COC(=O)c1ccc(OCC2CCNCC2)cc1. The second-order valence-corrected chi connectivity index (χ2v) is 4.52. The van der Waals surface area contributed by atoms with Gasteiger partial charge >= 0.3 is 5.97 Å². The summed E-state index contributed by atoms with van der Waals surface area (Å²) in [5, 5.41) is 3.33. The number of methoxy groups -OCH3 is 1. The minimum absolute atomic E-state index is 0.320. The minimum atomic E-state index is -0.320. The average molecular weight is 249 g/mol. The largest absolute Gasteiger partial charge is 0.493 e. The Morgan fingerprint density at radius 2 is 1.94 bits per heavy atom. The van der Waals surface area contributed by atoms with E-state index < -0.39 is 0 Å². The number of carbonyl (C=O) groups is 1. The highest BCUT2D eigenvalue weighted by Crippen LogP contribution is 2.17. The Balaban J connectivity index is 1.84. The monoisotopic (exact) mass is 249 g/mol. The van der Waals surface area contributed by atoms with Crippen molar-refractivity contribution < 1.29 is 14.3 Å². The molecule has 0 aliphatic carbocycles. The second-order valence-electron chi connectivity index (χ2n) is 4.52. The van der Waals surface area contributed by atoms with Gasteiger partial charge in [-0.1, -0.05) is 0 Å². The molecule has 2 rings (SSSR count). The summed E-state index contributed by atoms with van der Waals surface area (Å²) in [5.41, 5.74) is 0.548. The maximum atomic E-state index is 11.3. The number of esters is 1. The molecule has 1 aromatic rings. The molecule has 0 atom stereocenters. The van der Waals surface area contributed by atoms with Crippen molar-refractivity contribution in [2.24, 2.45) is 5.92 Å². The highest BCUT2D eigenvalue weighted by atomic mass is 16.5. The van der Waals surface area contributed by atoms with Crippen molar-refractivity contribution in [3.63, 3.8) is 0 Å². The van der Waals surface area contributed by atoms with Crippen molar-refractivity contribution in [1.82, 2.24) is 5.32 Å². The van der Waals surface area contributed by atoms with Gasteiger partial charge < -0.3 is 14.8 Å². The summed E-state index contributed by atoms with van der Waals surface area (Å²) in [4.78, 5) is 11.3. The van der Waals surface area contributed by atoms with Gasteiger partial charge in [-0.25, -0.2) is 4.79 Å². The van der Waals surface area contributed by atoms with Crippen LogP contribution in [0.25, 0.3) is 0 Å². The molecule has 1 aliphatic heterocycles. The molecule has 4 heteroatoms. The zero-order valence-corrected chi connectivity index (χ0v) is 10.6. The highest BCUT2D eigenvalue weighted by molar-refractivity contribution is 5.89. The molecule has 0 unspecified atom stereocenters. The fraction of sp³-hybridized carbons (Fsp3) is 0.500. The van der Waals surface area contributed by atoms with Crippen LogP contribution in [0, 0.1) is 5.92 Å². The first-order valence-corrected chi connectivity index (χ1v) is 6.31. The number of hydrogen-bond acceptors (Lipinski definition) is 4. The van der Waals surface area contributed by atoms with Crippen LogP contribution in [0.15, 0.2) is 24.3 Å². The Labute approximate surface area is 107 Å². The van der Waals surface area contributed by atoms with Crippen molar-refractivity contribution in [1.29, 1.82) is 0 Å². The first-order valence-electron chi connectivity index (χ1n) is 6.31. The van der Waals surface area contributed by atoms with Crippen LogP contribution in [0.2, 0.25) is 0 Å². The first kappa shape index (κ1) is 12.9.